The van der Waals surface area contributed by atoms with Gasteiger partial charge < -0.3 is 10.1 Å². The fourth-order valence-electron chi connectivity index (χ4n) is 1.03. The van der Waals surface area contributed by atoms with Gasteiger partial charge in [-0.25, -0.2) is 4.98 Å². The Morgan fingerprint density at radius 1 is 1.20 bits per heavy atom. The number of aromatic nitrogens is 2. The Balaban J connectivity index is 0.000000245. The number of rotatable bonds is 1. The van der Waals surface area contributed by atoms with E-state index in [-0.39, 0.29) is 6.10 Å². The molecule has 2 aromatic rings. The van der Waals surface area contributed by atoms with Crippen molar-refractivity contribution in [3.8, 4) is 11.3 Å². The molecule has 0 fully saturated rings. The molecule has 1 heterocycles. The van der Waals surface area contributed by atoms with Crippen molar-refractivity contribution < 1.29 is 5.11 Å². The van der Waals surface area contributed by atoms with E-state index < -0.39 is 0 Å². The van der Waals surface area contributed by atoms with E-state index in [4.69, 9.17) is 5.11 Å². The monoisotopic (exact) mass is 204 g/mol. The van der Waals surface area contributed by atoms with E-state index in [1.807, 2.05) is 36.5 Å². The molecule has 15 heavy (non-hydrogen) atoms. The molecule has 0 aliphatic carbocycles. The average molecular weight is 204 g/mol. The number of nitrogens with zero attached hydrogens (tertiary/aromatic N) is 1. The first-order chi connectivity index (χ1) is 7.20. The minimum Gasteiger partial charge on any atom is -0.394 e. The lowest BCUT2D eigenvalue weighted by Crippen LogP contribution is -1.85. The van der Waals surface area contributed by atoms with Gasteiger partial charge in [0.2, 0.25) is 0 Å². The highest BCUT2D eigenvalue weighted by molar-refractivity contribution is 5.57. The van der Waals surface area contributed by atoms with Gasteiger partial charge in [-0.2, -0.15) is 0 Å². The summed E-state index contributed by atoms with van der Waals surface area (Å²) in [5, 5.41) is 8.06. The number of aliphatic hydroxyl groups is 1. The number of benzene rings is 1. The zero-order valence-corrected chi connectivity index (χ0v) is 9.01. The molecule has 2 rings (SSSR count). The quantitative estimate of drug-likeness (QED) is 0.749. The van der Waals surface area contributed by atoms with Crippen molar-refractivity contribution in [2.45, 2.75) is 20.0 Å². The van der Waals surface area contributed by atoms with E-state index in [9.17, 15) is 0 Å². The number of imidazole rings is 1. The fourth-order valence-corrected chi connectivity index (χ4v) is 1.03. The van der Waals surface area contributed by atoms with Crippen molar-refractivity contribution in [3.05, 3.63) is 42.9 Å². The molecule has 0 unspecified atom stereocenters. The van der Waals surface area contributed by atoms with Crippen LogP contribution in [0.2, 0.25) is 0 Å². The second kappa shape index (κ2) is 5.98. The van der Waals surface area contributed by atoms with Crippen LogP contribution in [0, 0.1) is 0 Å². The first kappa shape index (κ1) is 11.5. The summed E-state index contributed by atoms with van der Waals surface area (Å²) in [6.45, 7) is 3.44. The van der Waals surface area contributed by atoms with E-state index in [1.165, 1.54) is 0 Å². The van der Waals surface area contributed by atoms with Gasteiger partial charge >= 0.3 is 0 Å². The normalized spacial score (nSPS) is 9.60. The van der Waals surface area contributed by atoms with Crippen molar-refractivity contribution in [2.24, 2.45) is 0 Å². The number of hydrogen-bond acceptors (Lipinski definition) is 2. The molecule has 0 saturated heterocycles. The van der Waals surface area contributed by atoms with E-state index in [2.05, 4.69) is 9.97 Å². The second-order valence-corrected chi connectivity index (χ2v) is 3.41. The van der Waals surface area contributed by atoms with Crippen molar-refractivity contribution in [1.82, 2.24) is 9.97 Å². The SMILES string of the molecule is CC(C)O.c1ccc(-c2c[nH]cn2)cc1. The number of hydrogen-bond donors (Lipinski definition) is 2. The summed E-state index contributed by atoms with van der Waals surface area (Å²) < 4.78 is 0. The zero-order chi connectivity index (χ0) is 11.1. The molecule has 0 spiro atoms. The summed E-state index contributed by atoms with van der Waals surface area (Å²) in [5.74, 6) is 0. The molecule has 1 aromatic carbocycles. The average Bonchev–Trinajstić information content (AvgIpc) is 2.71. The van der Waals surface area contributed by atoms with Crippen LogP contribution in [-0.2, 0) is 0 Å². The third-order valence-corrected chi connectivity index (χ3v) is 1.57. The van der Waals surface area contributed by atoms with Gasteiger partial charge in [0.05, 0.1) is 12.0 Å². The molecule has 0 aliphatic rings. The molecule has 0 amide bonds. The van der Waals surface area contributed by atoms with Gasteiger partial charge in [0.1, 0.15) is 0 Å². The van der Waals surface area contributed by atoms with Crippen LogP contribution in [0.3, 0.4) is 0 Å². The van der Waals surface area contributed by atoms with E-state index >= 15 is 0 Å². The predicted molar refractivity (Wildman–Crippen MR) is 61.4 cm³/mol. The molecular formula is C12H16N2O. The van der Waals surface area contributed by atoms with Gasteiger partial charge in [-0.15, -0.1) is 0 Å². The molecule has 1 aromatic heterocycles. The van der Waals surface area contributed by atoms with Crippen molar-refractivity contribution in [2.75, 3.05) is 0 Å². The molecule has 2 N–H and O–H groups in total. The lowest BCUT2D eigenvalue weighted by molar-refractivity contribution is 0.216. The highest BCUT2D eigenvalue weighted by Crippen LogP contribution is 2.13. The molecule has 0 radical (unpaired) electrons. The summed E-state index contributed by atoms with van der Waals surface area (Å²) in [6.07, 6.45) is 3.40. The smallest absolute Gasteiger partial charge is 0.0927 e. The van der Waals surface area contributed by atoms with Gasteiger partial charge in [0.15, 0.2) is 0 Å². The van der Waals surface area contributed by atoms with Crippen LogP contribution in [0.1, 0.15) is 13.8 Å². The van der Waals surface area contributed by atoms with Crippen molar-refractivity contribution in [3.63, 3.8) is 0 Å². The first-order valence-electron chi connectivity index (χ1n) is 4.92. The minimum atomic E-state index is -0.167. The molecule has 0 aliphatic heterocycles. The van der Waals surface area contributed by atoms with Crippen LogP contribution in [0.25, 0.3) is 11.3 Å². The summed E-state index contributed by atoms with van der Waals surface area (Å²) in [7, 11) is 0. The van der Waals surface area contributed by atoms with Crippen LogP contribution in [0.4, 0.5) is 0 Å². The van der Waals surface area contributed by atoms with Gasteiger partial charge in [-0.05, 0) is 13.8 Å². The third-order valence-electron chi connectivity index (χ3n) is 1.57. The van der Waals surface area contributed by atoms with E-state index in [0.717, 1.165) is 11.3 Å². The third kappa shape index (κ3) is 4.42. The van der Waals surface area contributed by atoms with E-state index in [1.54, 1.807) is 20.2 Å². The Labute approximate surface area is 89.8 Å². The highest BCUT2D eigenvalue weighted by atomic mass is 16.3. The lowest BCUT2D eigenvalue weighted by Gasteiger charge is -1.92. The Morgan fingerprint density at radius 2 is 1.80 bits per heavy atom. The molecular weight excluding hydrogens is 188 g/mol. The zero-order valence-electron chi connectivity index (χ0n) is 9.01. The maximum atomic E-state index is 8.06. The van der Waals surface area contributed by atoms with Crippen LogP contribution in [0.15, 0.2) is 42.9 Å². The topological polar surface area (TPSA) is 48.9 Å². The number of H-pyrrole nitrogens is 1. The standard InChI is InChI=1S/C9H8N2.C3H8O/c1-2-4-8(5-3-1)9-6-10-7-11-9;1-3(2)4/h1-7H,(H,10,11);3-4H,1-2H3. The fraction of sp³-hybridized carbons (Fsp3) is 0.250. The maximum absolute atomic E-state index is 8.06. The van der Waals surface area contributed by atoms with Crippen molar-refractivity contribution in [1.29, 1.82) is 0 Å². The predicted octanol–water partition coefficient (Wildman–Crippen LogP) is 2.46. The summed E-state index contributed by atoms with van der Waals surface area (Å²) in [4.78, 5) is 7.05. The molecule has 3 nitrogen and oxygen atoms in total. The lowest BCUT2D eigenvalue weighted by atomic mass is 10.2. The van der Waals surface area contributed by atoms with Crippen LogP contribution in [0.5, 0.6) is 0 Å². The maximum Gasteiger partial charge on any atom is 0.0927 e. The molecule has 80 valence electrons. The van der Waals surface area contributed by atoms with Gasteiger partial charge in [0, 0.05) is 17.9 Å². The van der Waals surface area contributed by atoms with Crippen molar-refractivity contribution >= 4 is 0 Å². The van der Waals surface area contributed by atoms with Crippen LogP contribution >= 0.6 is 0 Å². The molecule has 0 saturated carbocycles. The minimum absolute atomic E-state index is 0.167. The number of aromatic amines is 1. The van der Waals surface area contributed by atoms with Crippen LogP contribution in [-0.4, -0.2) is 21.2 Å². The number of nitrogens with one attached hydrogen (secondary N) is 1. The Morgan fingerprint density at radius 3 is 2.27 bits per heavy atom. The summed E-state index contributed by atoms with van der Waals surface area (Å²) in [6, 6.07) is 10.1. The molecule has 0 atom stereocenters. The van der Waals surface area contributed by atoms with Gasteiger partial charge in [0.25, 0.3) is 0 Å². The Bertz CT molecular complexity index is 352. The molecule has 3 heteroatoms. The largest absolute Gasteiger partial charge is 0.394 e. The van der Waals surface area contributed by atoms with Gasteiger partial charge in [-0.3, -0.25) is 0 Å². The van der Waals surface area contributed by atoms with Gasteiger partial charge in [-0.1, -0.05) is 30.3 Å². The summed E-state index contributed by atoms with van der Waals surface area (Å²) in [5.41, 5.74) is 2.14. The summed E-state index contributed by atoms with van der Waals surface area (Å²) >= 11 is 0. The second-order valence-electron chi connectivity index (χ2n) is 3.41. The van der Waals surface area contributed by atoms with Crippen LogP contribution < -0.4 is 0 Å². The first-order valence-corrected chi connectivity index (χ1v) is 4.92. The number of aliphatic hydroxyl groups excluding tert-OH is 1. The highest BCUT2D eigenvalue weighted by Gasteiger charge is 1.94. The Kier molecular flexibility index (Phi) is 4.57. The van der Waals surface area contributed by atoms with E-state index in [0.29, 0.717) is 0 Å². The Hall–Kier alpha value is -1.61. The molecule has 0 bridgehead atoms.